The fraction of sp³-hybridized carbons (Fsp3) is 0.750. The lowest BCUT2D eigenvalue weighted by molar-refractivity contribution is -0.164. The lowest BCUT2D eigenvalue weighted by atomic mass is 9.93. The fourth-order valence-electron chi connectivity index (χ4n) is 3.92. The van der Waals surface area contributed by atoms with Gasteiger partial charge in [-0.05, 0) is 38.0 Å². The van der Waals surface area contributed by atoms with Crippen LogP contribution in [-0.2, 0) is 13.5 Å². The van der Waals surface area contributed by atoms with Gasteiger partial charge < -0.3 is 10.6 Å². The molecule has 2 amide bonds. The van der Waals surface area contributed by atoms with Crippen molar-refractivity contribution in [1.82, 2.24) is 20.4 Å². The van der Waals surface area contributed by atoms with Gasteiger partial charge in [-0.2, -0.15) is 18.3 Å². The first-order valence-corrected chi connectivity index (χ1v) is 8.51. The molecule has 0 saturated heterocycles. The third-order valence-corrected chi connectivity index (χ3v) is 5.04. The van der Waals surface area contributed by atoms with Crippen LogP contribution in [0.2, 0.25) is 0 Å². The SMILES string of the molecule is Cn1cc2c(n1)CCCC2NC(=O)NC(C1CCCC1)C(F)(F)F. The summed E-state index contributed by atoms with van der Waals surface area (Å²) in [5.74, 6) is -0.518. The number of alkyl halides is 3. The van der Waals surface area contributed by atoms with Crippen LogP contribution in [0.5, 0.6) is 0 Å². The highest BCUT2D eigenvalue weighted by Crippen LogP contribution is 2.36. The van der Waals surface area contributed by atoms with Gasteiger partial charge in [-0.3, -0.25) is 4.68 Å². The van der Waals surface area contributed by atoms with Crippen LogP contribution in [-0.4, -0.2) is 28.0 Å². The molecular weight excluding hydrogens is 321 g/mol. The maximum absolute atomic E-state index is 13.3. The minimum absolute atomic E-state index is 0.278. The van der Waals surface area contributed by atoms with Crippen LogP contribution in [0.1, 0.15) is 55.8 Å². The van der Waals surface area contributed by atoms with E-state index in [1.165, 1.54) is 0 Å². The molecule has 1 fully saturated rings. The Balaban J connectivity index is 1.66. The summed E-state index contributed by atoms with van der Waals surface area (Å²) in [6, 6.07) is -2.79. The highest BCUT2D eigenvalue weighted by molar-refractivity contribution is 5.75. The maximum Gasteiger partial charge on any atom is 0.408 e. The number of fused-ring (bicyclic) bond motifs is 1. The molecule has 2 aliphatic rings. The van der Waals surface area contributed by atoms with Crippen molar-refractivity contribution in [2.75, 3.05) is 0 Å². The molecule has 1 aromatic rings. The molecule has 0 radical (unpaired) electrons. The van der Waals surface area contributed by atoms with E-state index in [2.05, 4.69) is 15.7 Å². The number of hydrogen-bond donors (Lipinski definition) is 2. The first-order chi connectivity index (χ1) is 11.3. The highest BCUT2D eigenvalue weighted by Gasteiger charge is 2.46. The van der Waals surface area contributed by atoms with Crippen LogP contribution in [0.3, 0.4) is 0 Å². The maximum atomic E-state index is 13.3. The van der Waals surface area contributed by atoms with Gasteiger partial charge in [0.05, 0.1) is 11.7 Å². The van der Waals surface area contributed by atoms with Gasteiger partial charge in [0.15, 0.2) is 0 Å². The zero-order valence-corrected chi connectivity index (χ0v) is 13.7. The Morgan fingerprint density at radius 3 is 2.67 bits per heavy atom. The molecule has 8 heteroatoms. The molecule has 3 rings (SSSR count). The number of carbonyl (C=O) groups is 1. The Labute approximate surface area is 139 Å². The van der Waals surface area contributed by atoms with E-state index in [9.17, 15) is 18.0 Å². The molecule has 2 atom stereocenters. The zero-order valence-electron chi connectivity index (χ0n) is 13.7. The Morgan fingerprint density at radius 2 is 2.00 bits per heavy atom. The largest absolute Gasteiger partial charge is 0.408 e. The van der Waals surface area contributed by atoms with Crippen molar-refractivity contribution in [3.63, 3.8) is 0 Å². The van der Waals surface area contributed by atoms with Gasteiger partial charge in [0.2, 0.25) is 0 Å². The molecule has 1 heterocycles. The molecule has 0 aromatic carbocycles. The highest BCUT2D eigenvalue weighted by atomic mass is 19.4. The van der Waals surface area contributed by atoms with Gasteiger partial charge >= 0.3 is 12.2 Å². The smallest absolute Gasteiger partial charge is 0.331 e. The summed E-state index contributed by atoms with van der Waals surface area (Å²) >= 11 is 0. The summed E-state index contributed by atoms with van der Waals surface area (Å²) in [6.07, 6.45) is 2.44. The quantitative estimate of drug-likeness (QED) is 0.884. The van der Waals surface area contributed by atoms with Gasteiger partial charge in [0, 0.05) is 18.8 Å². The van der Waals surface area contributed by atoms with E-state index in [-0.39, 0.29) is 6.04 Å². The number of aromatic nitrogens is 2. The standard InChI is InChI=1S/C16H23F3N4O/c1-23-9-11-12(7-4-8-13(11)22-23)20-15(24)21-14(16(17,18)19)10-5-2-3-6-10/h9-10,12,14H,2-8H2,1H3,(H2,20,21,24). The topological polar surface area (TPSA) is 59.0 Å². The zero-order chi connectivity index (χ0) is 17.3. The molecule has 1 aromatic heterocycles. The molecule has 2 N–H and O–H groups in total. The van der Waals surface area contributed by atoms with Crippen molar-refractivity contribution in [3.05, 3.63) is 17.5 Å². The van der Waals surface area contributed by atoms with Crippen molar-refractivity contribution >= 4 is 6.03 Å². The number of amides is 2. The second kappa shape index (κ2) is 6.64. The van der Waals surface area contributed by atoms with Crippen LogP contribution in [0, 0.1) is 5.92 Å². The number of carbonyl (C=O) groups excluding carboxylic acids is 1. The van der Waals surface area contributed by atoms with E-state index in [1.807, 2.05) is 6.20 Å². The summed E-state index contributed by atoms with van der Waals surface area (Å²) in [7, 11) is 1.80. The summed E-state index contributed by atoms with van der Waals surface area (Å²) in [6.45, 7) is 0. The van der Waals surface area contributed by atoms with Crippen LogP contribution in [0.25, 0.3) is 0 Å². The average molecular weight is 344 g/mol. The molecule has 5 nitrogen and oxygen atoms in total. The van der Waals surface area contributed by atoms with Gasteiger partial charge in [-0.15, -0.1) is 0 Å². The summed E-state index contributed by atoms with van der Waals surface area (Å²) in [5.41, 5.74) is 1.82. The number of rotatable bonds is 3. The Morgan fingerprint density at radius 1 is 1.29 bits per heavy atom. The lowest BCUT2D eigenvalue weighted by Crippen LogP contribution is -2.53. The molecular formula is C16H23F3N4O. The third-order valence-electron chi connectivity index (χ3n) is 5.04. The summed E-state index contributed by atoms with van der Waals surface area (Å²) in [4.78, 5) is 12.2. The molecule has 1 saturated carbocycles. The van der Waals surface area contributed by atoms with Gasteiger partial charge in [-0.1, -0.05) is 12.8 Å². The van der Waals surface area contributed by atoms with E-state index in [0.717, 1.165) is 36.9 Å². The molecule has 0 spiro atoms. The molecule has 0 bridgehead atoms. The van der Waals surface area contributed by atoms with Gasteiger partial charge in [0.25, 0.3) is 0 Å². The van der Waals surface area contributed by atoms with E-state index in [4.69, 9.17) is 0 Å². The number of hydrogen-bond acceptors (Lipinski definition) is 2. The second-order valence-corrected chi connectivity index (χ2v) is 6.83. The van der Waals surface area contributed by atoms with E-state index in [0.29, 0.717) is 19.3 Å². The summed E-state index contributed by atoms with van der Waals surface area (Å²) < 4.78 is 41.6. The van der Waals surface area contributed by atoms with Crippen LogP contribution < -0.4 is 10.6 Å². The number of urea groups is 1. The minimum atomic E-state index is -4.42. The lowest BCUT2D eigenvalue weighted by Gasteiger charge is -2.29. The predicted octanol–water partition coefficient (Wildman–Crippen LogP) is 3.22. The molecule has 2 unspecified atom stereocenters. The molecule has 2 aliphatic carbocycles. The number of halogens is 3. The fourth-order valence-corrected chi connectivity index (χ4v) is 3.92. The Hall–Kier alpha value is -1.73. The third kappa shape index (κ3) is 3.67. The van der Waals surface area contributed by atoms with E-state index >= 15 is 0 Å². The van der Waals surface area contributed by atoms with Crippen molar-refractivity contribution < 1.29 is 18.0 Å². The van der Waals surface area contributed by atoms with E-state index in [1.54, 1.807) is 11.7 Å². The van der Waals surface area contributed by atoms with Crippen LogP contribution >= 0.6 is 0 Å². The van der Waals surface area contributed by atoms with Crippen molar-refractivity contribution in [3.8, 4) is 0 Å². The first-order valence-electron chi connectivity index (χ1n) is 8.51. The predicted molar refractivity (Wildman–Crippen MR) is 82.4 cm³/mol. The Bertz CT molecular complexity index is 593. The first kappa shape index (κ1) is 17.1. The second-order valence-electron chi connectivity index (χ2n) is 6.83. The van der Waals surface area contributed by atoms with Gasteiger partial charge in [0.1, 0.15) is 6.04 Å². The number of nitrogens with zero attached hydrogens (tertiary/aromatic N) is 2. The van der Waals surface area contributed by atoms with Crippen LogP contribution in [0.15, 0.2) is 6.20 Å². The average Bonchev–Trinajstić information content (AvgIpc) is 3.12. The van der Waals surface area contributed by atoms with Gasteiger partial charge in [-0.25, -0.2) is 4.79 Å². The number of aryl methyl sites for hydroxylation is 2. The van der Waals surface area contributed by atoms with Crippen molar-refractivity contribution in [2.45, 2.75) is 63.2 Å². The Kier molecular flexibility index (Phi) is 4.73. The van der Waals surface area contributed by atoms with Crippen LogP contribution in [0.4, 0.5) is 18.0 Å². The van der Waals surface area contributed by atoms with E-state index < -0.39 is 24.2 Å². The summed E-state index contributed by atoms with van der Waals surface area (Å²) in [5, 5.41) is 9.23. The molecule has 0 aliphatic heterocycles. The van der Waals surface area contributed by atoms with Crippen molar-refractivity contribution in [2.24, 2.45) is 13.0 Å². The minimum Gasteiger partial charge on any atom is -0.331 e. The normalized spacial score (nSPS) is 22.9. The van der Waals surface area contributed by atoms with Crippen molar-refractivity contribution in [1.29, 1.82) is 0 Å². The molecule has 24 heavy (non-hydrogen) atoms. The monoisotopic (exact) mass is 344 g/mol. The number of nitrogens with one attached hydrogen (secondary N) is 2. The molecule has 134 valence electrons.